The molecule has 0 saturated heterocycles. The average Bonchev–Trinajstić information content (AvgIpc) is 2.55. The highest BCUT2D eigenvalue weighted by atomic mass is 35.5. The maximum atomic E-state index is 12.5. The van der Waals surface area contributed by atoms with Crippen LogP contribution in [0.2, 0.25) is 5.02 Å². The molecule has 2 aromatic rings. The third-order valence-electron chi connectivity index (χ3n) is 2.91. The number of nitrogens with zero attached hydrogens (tertiary/aromatic N) is 3. The minimum Gasteiger partial charge on any atom is -0.260 e. The number of alkyl halides is 3. The average molecular weight is 371 g/mol. The Morgan fingerprint density at radius 1 is 1.32 bits per heavy atom. The summed E-state index contributed by atoms with van der Waals surface area (Å²) in [6.07, 6.45) is 0.239. The SMILES string of the molecule is O=[N+]([O-])c1ccccc1C=CC=NNc1ncc(C(F)(F)F)cc1Cl. The first-order valence-electron chi connectivity index (χ1n) is 6.71. The first kappa shape index (κ1) is 18.4. The van der Waals surface area contributed by atoms with Crippen LogP contribution in [0.1, 0.15) is 11.1 Å². The van der Waals surface area contributed by atoms with E-state index in [1.165, 1.54) is 24.4 Å². The van der Waals surface area contributed by atoms with Crippen LogP contribution in [0.4, 0.5) is 24.7 Å². The normalized spacial score (nSPS) is 12.0. The Hall–Kier alpha value is -2.94. The van der Waals surface area contributed by atoms with E-state index in [0.717, 1.165) is 6.07 Å². The number of para-hydroxylation sites is 1. The van der Waals surface area contributed by atoms with Crippen LogP contribution in [0.25, 0.3) is 6.08 Å². The number of pyridine rings is 1. The number of nitro benzene ring substituents is 1. The molecule has 0 amide bonds. The largest absolute Gasteiger partial charge is 0.417 e. The second-order valence-corrected chi connectivity index (χ2v) is 5.02. The maximum absolute atomic E-state index is 12.5. The van der Waals surface area contributed by atoms with Gasteiger partial charge in [-0.2, -0.15) is 18.3 Å². The molecular formula is C15H10ClF3N4O2. The van der Waals surface area contributed by atoms with E-state index in [2.05, 4.69) is 15.5 Å². The predicted molar refractivity (Wildman–Crippen MR) is 88.5 cm³/mol. The van der Waals surface area contributed by atoms with Gasteiger partial charge in [-0.15, -0.1) is 0 Å². The molecule has 1 heterocycles. The number of halogens is 4. The predicted octanol–water partition coefficient (Wildman–Crippen LogP) is 4.77. The highest BCUT2D eigenvalue weighted by Gasteiger charge is 2.31. The zero-order valence-electron chi connectivity index (χ0n) is 12.4. The first-order chi connectivity index (χ1) is 11.8. The summed E-state index contributed by atoms with van der Waals surface area (Å²) in [4.78, 5) is 13.9. The minimum absolute atomic E-state index is 0.0509. The fourth-order valence-electron chi connectivity index (χ4n) is 1.76. The fraction of sp³-hybridized carbons (Fsp3) is 0.0667. The summed E-state index contributed by atoms with van der Waals surface area (Å²) >= 11 is 5.71. The molecule has 0 spiro atoms. The van der Waals surface area contributed by atoms with Crippen molar-refractivity contribution < 1.29 is 18.1 Å². The Labute approximate surface area is 144 Å². The molecule has 1 N–H and O–H groups in total. The second-order valence-electron chi connectivity index (χ2n) is 4.62. The molecular weight excluding hydrogens is 361 g/mol. The summed E-state index contributed by atoms with van der Waals surface area (Å²) in [5.74, 6) is -0.0509. The van der Waals surface area contributed by atoms with E-state index < -0.39 is 16.7 Å². The Morgan fingerprint density at radius 2 is 2.04 bits per heavy atom. The number of rotatable bonds is 5. The third kappa shape index (κ3) is 5.01. The van der Waals surface area contributed by atoms with Gasteiger partial charge >= 0.3 is 6.18 Å². The van der Waals surface area contributed by atoms with E-state index >= 15 is 0 Å². The fourth-order valence-corrected chi connectivity index (χ4v) is 1.97. The zero-order chi connectivity index (χ0) is 18.4. The molecule has 0 atom stereocenters. The molecule has 0 radical (unpaired) electrons. The van der Waals surface area contributed by atoms with Crippen molar-refractivity contribution in [3.05, 3.63) is 68.9 Å². The van der Waals surface area contributed by atoms with Crippen LogP contribution in [-0.2, 0) is 6.18 Å². The van der Waals surface area contributed by atoms with Gasteiger partial charge in [-0.25, -0.2) is 4.98 Å². The minimum atomic E-state index is -4.54. The number of hydrogen-bond donors (Lipinski definition) is 1. The van der Waals surface area contributed by atoms with Gasteiger partial charge in [0, 0.05) is 18.5 Å². The van der Waals surface area contributed by atoms with Crippen molar-refractivity contribution >= 4 is 35.4 Å². The van der Waals surface area contributed by atoms with Crippen molar-refractivity contribution in [3.8, 4) is 0 Å². The number of benzene rings is 1. The summed E-state index contributed by atoms with van der Waals surface area (Å²) in [6.45, 7) is 0. The summed E-state index contributed by atoms with van der Waals surface area (Å²) in [6, 6.07) is 6.85. The van der Waals surface area contributed by atoms with Crippen molar-refractivity contribution in [2.45, 2.75) is 6.18 Å². The van der Waals surface area contributed by atoms with Crippen LogP contribution in [-0.4, -0.2) is 16.1 Å². The number of hydrazone groups is 1. The number of nitro groups is 1. The van der Waals surface area contributed by atoms with Crippen LogP contribution >= 0.6 is 11.6 Å². The summed E-state index contributed by atoms with van der Waals surface area (Å²) in [7, 11) is 0. The molecule has 25 heavy (non-hydrogen) atoms. The van der Waals surface area contributed by atoms with Crippen molar-refractivity contribution in [1.82, 2.24) is 4.98 Å². The van der Waals surface area contributed by atoms with E-state index in [9.17, 15) is 23.3 Å². The van der Waals surface area contributed by atoms with Gasteiger partial charge in [0.25, 0.3) is 5.69 Å². The molecule has 1 aromatic heterocycles. The molecule has 130 valence electrons. The summed E-state index contributed by atoms with van der Waals surface area (Å²) in [5, 5.41) is 14.3. The number of nitrogens with one attached hydrogen (secondary N) is 1. The number of anilines is 1. The van der Waals surface area contributed by atoms with Gasteiger partial charge in [0.2, 0.25) is 0 Å². The monoisotopic (exact) mass is 370 g/mol. The van der Waals surface area contributed by atoms with Crippen LogP contribution in [0, 0.1) is 10.1 Å². The zero-order valence-corrected chi connectivity index (χ0v) is 13.1. The van der Waals surface area contributed by atoms with E-state index in [0.29, 0.717) is 11.8 Å². The van der Waals surface area contributed by atoms with Gasteiger partial charge in [0.05, 0.1) is 21.1 Å². The topological polar surface area (TPSA) is 80.4 Å². The van der Waals surface area contributed by atoms with E-state index in [1.54, 1.807) is 18.2 Å². The summed E-state index contributed by atoms with van der Waals surface area (Å²) < 4.78 is 37.5. The van der Waals surface area contributed by atoms with Crippen molar-refractivity contribution in [1.29, 1.82) is 0 Å². The molecule has 1 aromatic carbocycles. The lowest BCUT2D eigenvalue weighted by Gasteiger charge is -2.08. The molecule has 0 bridgehead atoms. The lowest BCUT2D eigenvalue weighted by Crippen LogP contribution is -2.06. The van der Waals surface area contributed by atoms with Crippen LogP contribution in [0.3, 0.4) is 0 Å². The van der Waals surface area contributed by atoms with Gasteiger partial charge < -0.3 is 0 Å². The molecule has 0 aliphatic carbocycles. The van der Waals surface area contributed by atoms with Crippen LogP contribution in [0.5, 0.6) is 0 Å². The Bertz CT molecular complexity index is 838. The van der Waals surface area contributed by atoms with Gasteiger partial charge in [-0.3, -0.25) is 15.5 Å². The van der Waals surface area contributed by atoms with E-state index in [4.69, 9.17) is 11.6 Å². The second kappa shape index (κ2) is 7.75. The number of allylic oxidation sites excluding steroid dienone is 1. The highest BCUT2D eigenvalue weighted by Crippen LogP contribution is 2.32. The van der Waals surface area contributed by atoms with Gasteiger partial charge in [0.1, 0.15) is 0 Å². The molecule has 0 fully saturated rings. The first-order valence-corrected chi connectivity index (χ1v) is 7.08. The molecule has 0 unspecified atom stereocenters. The summed E-state index contributed by atoms with van der Waals surface area (Å²) in [5.41, 5.74) is 1.74. The lowest BCUT2D eigenvalue weighted by molar-refractivity contribution is -0.385. The standard InChI is InChI=1S/C15H10ClF3N4O2/c16-12-8-11(15(17,18)19)9-20-14(12)22-21-7-3-5-10-4-1-2-6-13(10)23(24)25/h1-9H,(H,20,22). The van der Waals surface area contributed by atoms with Crippen molar-refractivity contribution in [2.24, 2.45) is 5.10 Å². The molecule has 2 rings (SSSR count). The molecule has 0 aliphatic heterocycles. The van der Waals surface area contributed by atoms with Crippen molar-refractivity contribution in [2.75, 3.05) is 5.43 Å². The van der Waals surface area contributed by atoms with Crippen molar-refractivity contribution in [3.63, 3.8) is 0 Å². The number of hydrogen-bond acceptors (Lipinski definition) is 5. The Morgan fingerprint density at radius 3 is 2.68 bits per heavy atom. The van der Waals surface area contributed by atoms with Gasteiger partial charge in [-0.05, 0) is 24.3 Å². The highest BCUT2D eigenvalue weighted by molar-refractivity contribution is 6.32. The van der Waals surface area contributed by atoms with E-state index in [1.807, 2.05) is 0 Å². The lowest BCUT2D eigenvalue weighted by atomic mass is 10.2. The molecule has 6 nitrogen and oxygen atoms in total. The van der Waals surface area contributed by atoms with Crippen LogP contribution in [0.15, 0.2) is 47.7 Å². The Balaban J connectivity index is 2.04. The number of aromatic nitrogens is 1. The molecule has 0 aliphatic rings. The van der Waals surface area contributed by atoms with Crippen LogP contribution < -0.4 is 5.43 Å². The van der Waals surface area contributed by atoms with Gasteiger partial charge in [0.15, 0.2) is 5.82 Å². The van der Waals surface area contributed by atoms with Gasteiger partial charge in [-0.1, -0.05) is 23.7 Å². The molecule has 0 saturated carbocycles. The quantitative estimate of drug-likeness (QED) is 0.467. The van der Waals surface area contributed by atoms with E-state index in [-0.39, 0.29) is 16.5 Å². The smallest absolute Gasteiger partial charge is 0.260 e. The Kier molecular flexibility index (Phi) is 5.71. The molecule has 10 heteroatoms. The maximum Gasteiger partial charge on any atom is 0.417 e. The third-order valence-corrected chi connectivity index (χ3v) is 3.20.